The minimum atomic E-state index is -0.675. The summed E-state index contributed by atoms with van der Waals surface area (Å²) < 4.78 is 17.5. The van der Waals surface area contributed by atoms with Gasteiger partial charge in [0.1, 0.15) is 17.4 Å². The van der Waals surface area contributed by atoms with E-state index in [-0.39, 0.29) is 6.54 Å². The van der Waals surface area contributed by atoms with E-state index in [9.17, 15) is 10.1 Å². The van der Waals surface area contributed by atoms with Crippen molar-refractivity contribution in [3.05, 3.63) is 22.9 Å². The van der Waals surface area contributed by atoms with Crippen LogP contribution in [0.3, 0.4) is 0 Å². The second-order valence-electron chi connectivity index (χ2n) is 8.48. The smallest absolute Gasteiger partial charge is 0.444 e. The van der Waals surface area contributed by atoms with Gasteiger partial charge in [0.25, 0.3) is 0 Å². The summed E-state index contributed by atoms with van der Waals surface area (Å²) in [6, 6.07) is 2.04. The molecule has 0 bridgehead atoms. The molecule has 0 aliphatic carbocycles. The summed E-state index contributed by atoms with van der Waals surface area (Å²) in [5.74, 6) is 0. The lowest BCUT2D eigenvalue weighted by Gasteiger charge is -2.32. The first-order chi connectivity index (χ1) is 12.3. The van der Waals surface area contributed by atoms with Crippen LogP contribution in [0.2, 0.25) is 0 Å². The van der Waals surface area contributed by atoms with Gasteiger partial charge in [-0.2, -0.15) is 10.4 Å². The Kier molecular flexibility index (Phi) is 5.73. The lowest BCUT2D eigenvalue weighted by Crippen LogP contribution is -2.41. The average molecular weight is 374 g/mol. The topological polar surface area (TPSA) is 109 Å². The Hall–Kier alpha value is -2.31. The number of nitriles is 1. The molecule has 2 heterocycles. The van der Waals surface area contributed by atoms with E-state index in [2.05, 4.69) is 15.5 Å². The molecule has 9 heteroatoms. The number of H-pyrrole nitrogens is 1. The molecule has 27 heavy (non-hydrogen) atoms. The van der Waals surface area contributed by atoms with Crippen molar-refractivity contribution in [3.63, 3.8) is 0 Å². The molecule has 0 saturated carbocycles. The van der Waals surface area contributed by atoms with Crippen LogP contribution in [-0.2, 0) is 14.0 Å². The van der Waals surface area contributed by atoms with E-state index in [1.54, 1.807) is 26.8 Å². The van der Waals surface area contributed by atoms with Gasteiger partial charge in [-0.15, -0.1) is 0 Å². The maximum Gasteiger partial charge on any atom is 0.492 e. The van der Waals surface area contributed by atoms with E-state index in [1.165, 1.54) is 6.20 Å². The number of carbonyl (C=O) groups is 1. The van der Waals surface area contributed by atoms with Gasteiger partial charge in [-0.3, -0.25) is 5.10 Å². The van der Waals surface area contributed by atoms with E-state index >= 15 is 0 Å². The Bertz CT molecular complexity index is 755. The van der Waals surface area contributed by atoms with Gasteiger partial charge in [-0.1, -0.05) is 6.08 Å². The maximum atomic E-state index is 12.0. The van der Waals surface area contributed by atoms with Crippen molar-refractivity contribution >= 4 is 19.3 Å². The highest BCUT2D eigenvalue weighted by molar-refractivity contribution is 6.56. The highest BCUT2D eigenvalue weighted by Gasteiger charge is 2.52. The zero-order chi connectivity index (χ0) is 20.5. The first-order valence-electron chi connectivity index (χ1n) is 8.81. The van der Waals surface area contributed by atoms with E-state index in [4.69, 9.17) is 14.0 Å². The van der Waals surface area contributed by atoms with Crippen LogP contribution in [0.1, 0.15) is 59.7 Å². The molecule has 1 aromatic heterocycles. The van der Waals surface area contributed by atoms with E-state index in [0.717, 1.165) is 0 Å². The Morgan fingerprint density at radius 1 is 1.37 bits per heavy atom. The average Bonchev–Trinajstić information content (AvgIpc) is 3.03. The predicted molar refractivity (Wildman–Crippen MR) is 102 cm³/mol. The molecule has 146 valence electrons. The van der Waals surface area contributed by atoms with Gasteiger partial charge in [-0.25, -0.2) is 4.79 Å². The number of ether oxygens (including phenoxy) is 1. The molecular formula is C18H27BN4O4. The SMILES string of the molecule is CC(C)(C)OC(=O)NCC(=Cc1cn[nH]c1C#N)B1OC(C)(C)C(C)(C)O1. The fraction of sp³-hybridized carbons (Fsp3) is 0.611. The molecule has 0 atom stereocenters. The summed E-state index contributed by atoms with van der Waals surface area (Å²) in [6.07, 6.45) is 2.73. The molecule has 0 radical (unpaired) electrons. The van der Waals surface area contributed by atoms with Crippen molar-refractivity contribution in [2.75, 3.05) is 6.54 Å². The Balaban J connectivity index is 2.25. The van der Waals surface area contributed by atoms with Crippen molar-refractivity contribution in [2.45, 2.75) is 65.3 Å². The molecule has 0 aromatic carbocycles. The third kappa shape index (κ3) is 5.11. The molecule has 0 unspecified atom stereocenters. The monoisotopic (exact) mass is 374 g/mol. The number of nitrogens with zero attached hydrogens (tertiary/aromatic N) is 2. The quantitative estimate of drug-likeness (QED) is 0.785. The van der Waals surface area contributed by atoms with E-state index < -0.39 is 30.0 Å². The molecular weight excluding hydrogens is 347 g/mol. The summed E-state index contributed by atoms with van der Waals surface area (Å²) in [5.41, 5.74) is -0.0997. The Labute approximate surface area is 160 Å². The molecule has 2 rings (SSSR count). The molecule has 1 amide bonds. The van der Waals surface area contributed by atoms with E-state index in [0.29, 0.717) is 16.7 Å². The zero-order valence-electron chi connectivity index (χ0n) is 17.0. The minimum Gasteiger partial charge on any atom is -0.444 e. The van der Waals surface area contributed by atoms with Crippen LogP contribution in [-0.4, -0.2) is 46.8 Å². The van der Waals surface area contributed by atoms with Gasteiger partial charge in [0.15, 0.2) is 0 Å². The summed E-state index contributed by atoms with van der Waals surface area (Å²) in [7, 11) is -0.675. The molecule has 0 spiro atoms. The molecule has 8 nitrogen and oxygen atoms in total. The molecule has 1 saturated heterocycles. The number of aromatic nitrogens is 2. The third-order valence-electron chi connectivity index (χ3n) is 4.51. The van der Waals surface area contributed by atoms with Crippen LogP contribution in [0.5, 0.6) is 0 Å². The Morgan fingerprint density at radius 2 is 1.96 bits per heavy atom. The number of carbonyl (C=O) groups excluding carboxylic acids is 1. The highest BCUT2D eigenvalue weighted by Crippen LogP contribution is 2.38. The minimum absolute atomic E-state index is 0.141. The molecule has 1 aliphatic rings. The standard InChI is InChI=1S/C18H27BN4O4/c1-16(2,3)25-15(24)21-11-13(8-12-10-22-23-14(12)9-20)19-26-17(4,5)18(6,7)27-19/h8,10H,11H2,1-7H3,(H,21,24)(H,22,23). The second-order valence-corrected chi connectivity index (χ2v) is 8.48. The van der Waals surface area contributed by atoms with Gasteiger partial charge in [-0.05, 0) is 53.9 Å². The van der Waals surface area contributed by atoms with Gasteiger partial charge in [0, 0.05) is 12.1 Å². The molecule has 2 N–H and O–H groups in total. The fourth-order valence-corrected chi connectivity index (χ4v) is 2.38. The first-order valence-corrected chi connectivity index (χ1v) is 8.81. The van der Waals surface area contributed by atoms with Crippen LogP contribution in [0.4, 0.5) is 4.79 Å². The predicted octanol–water partition coefficient (Wildman–Crippen LogP) is 2.82. The molecule has 1 aromatic rings. The lowest BCUT2D eigenvalue weighted by molar-refractivity contribution is 0.00578. The van der Waals surface area contributed by atoms with Crippen molar-refractivity contribution in [2.24, 2.45) is 0 Å². The zero-order valence-corrected chi connectivity index (χ0v) is 17.0. The summed E-state index contributed by atoms with van der Waals surface area (Å²) in [6.45, 7) is 13.3. The molecule has 1 aliphatic heterocycles. The van der Waals surface area contributed by atoms with Crippen LogP contribution in [0.25, 0.3) is 6.08 Å². The maximum absolute atomic E-state index is 12.0. The summed E-state index contributed by atoms with van der Waals surface area (Å²) in [4.78, 5) is 12.0. The third-order valence-corrected chi connectivity index (χ3v) is 4.51. The van der Waals surface area contributed by atoms with Gasteiger partial charge >= 0.3 is 13.2 Å². The lowest BCUT2D eigenvalue weighted by atomic mass is 9.77. The number of aromatic amines is 1. The van der Waals surface area contributed by atoms with Gasteiger partial charge < -0.3 is 19.4 Å². The van der Waals surface area contributed by atoms with Crippen LogP contribution in [0.15, 0.2) is 11.7 Å². The first kappa shape index (κ1) is 21.0. The van der Waals surface area contributed by atoms with Crippen molar-refractivity contribution in [3.8, 4) is 6.07 Å². The summed E-state index contributed by atoms with van der Waals surface area (Å²) >= 11 is 0. The number of hydrogen-bond acceptors (Lipinski definition) is 6. The van der Waals surface area contributed by atoms with Gasteiger partial charge in [0.05, 0.1) is 17.4 Å². The van der Waals surface area contributed by atoms with Crippen molar-refractivity contribution in [1.82, 2.24) is 15.5 Å². The van der Waals surface area contributed by atoms with Crippen LogP contribution < -0.4 is 5.32 Å². The van der Waals surface area contributed by atoms with E-state index in [1.807, 2.05) is 33.8 Å². The van der Waals surface area contributed by atoms with Gasteiger partial charge in [0.2, 0.25) is 0 Å². The number of amides is 1. The fourth-order valence-electron chi connectivity index (χ4n) is 2.38. The van der Waals surface area contributed by atoms with Crippen molar-refractivity contribution in [1.29, 1.82) is 5.26 Å². The van der Waals surface area contributed by atoms with Crippen LogP contribution >= 0.6 is 0 Å². The number of rotatable bonds is 4. The second kappa shape index (κ2) is 7.37. The van der Waals surface area contributed by atoms with Crippen LogP contribution in [0, 0.1) is 11.3 Å². The number of nitrogens with one attached hydrogen (secondary N) is 2. The largest absolute Gasteiger partial charge is 0.492 e. The Morgan fingerprint density at radius 3 is 2.48 bits per heavy atom. The summed E-state index contributed by atoms with van der Waals surface area (Å²) in [5, 5.41) is 18.4. The van der Waals surface area contributed by atoms with Crippen molar-refractivity contribution < 1.29 is 18.8 Å². The normalized spacial score (nSPS) is 18.9. The number of alkyl carbamates (subject to hydrolysis) is 1. The highest BCUT2D eigenvalue weighted by atomic mass is 16.7. The molecule has 1 fully saturated rings. The number of hydrogen-bond donors (Lipinski definition) is 2.